The number of ether oxygens (including phenoxy) is 1. The van der Waals surface area contributed by atoms with Gasteiger partial charge in [0.2, 0.25) is 0 Å². The topological polar surface area (TPSA) is 137 Å². The minimum Gasteiger partial charge on any atom is -0.405 e. The Hall–Kier alpha value is -3.76. The standard InChI is InChI=1S/C26H30N8O2Si/c1-26(2,3)37(18-10-6-4-7-11-18,19-12-8-5-9-13-19)35-16-22-21(31-33-28)14-23(36-22)34-15-20-24(27)29-17-30-25(20)32-34/h4-13,15,17,21-23H,14,16H2,1-3H3,(H2,27,29,30,32)/t21-,22+,23+/m0/s1. The van der Waals surface area contributed by atoms with Gasteiger partial charge >= 0.3 is 0 Å². The van der Waals surface area contributed by atoms with Gasteiger partial charge in [0.15, 0.2) is 11.9 Å². The predicted octanol–water partition coefficient (Wildman–Crippen LogP) is 3.95. The van der Waals surface area contributed by atoms with Gasteiger partial charge in [-0.2, -0.15) is 0 Å². The highest BCUT2D eigenvalue weighted by molar-refractivity contribution is 6.99. The summed E-state index contributed by atoms with van der Waals surface area (Å²) in [6.45, 7) is 6.95. The highest BCUT2D eigenvalue weighted by Crippen LogP contribution is 2.38. The molecule has 37 heavy (non-hydrogen) atoms. The first-order valence-corrected chi connectivity index (χ1v) is 14.1. The molecule has 2 aromatic heterocycles. The van der Waals surface area contributed by atoms with Crippen LogP contribution in [-0.2, 0) is 9.16 Å². The second-order valence-corrected chi connectivity index (χ2v) is 14.5. The van der Waals surface area contributed by atoms with Crippen molar-refractivity contribution in [2.45, 2.75) is 50.6 Å². The van der Waals surface area contributed by atoms with Crippen LogP contribution < -0.4 is 16.1 Å². The average molecular weight is 515 g/mol. The van der Waals surface area contributed by atoms with Gasteiger partial charge in [0.05, 0.1) is 24.1 Å². The number of hydrogen-bond acceptors (Lipinski definition) is 7. The average Bonchev–Trinajstić information content (AvgIpc) is 3.50. The van der Waals surface area contributed by atoms with E-state index < -0.39 is 26.7 Å². The number of nitrogens with zero attached hydrogens (tertiary/aromatic N) is 7. The van der Waals surface area contributed by atoms with Gasteiger partial charge in [-0.15, -0.1) is 5.10 Å². The van der Waals surface area contributed by atoms with E-state index in [0.717, 1.165) is 0 Å². The van der Waals surface area contributed by atoms with Crippen molar-refractivity contribution in [3.63, 3.8) is 0 Å². The van der Waals surface area contributed by atoms with Crippen LogP contribution >= 0.6 is 0 Å². The zero-order valence-corrected chi connectivity index (χ0v) is 22.1. The van der Waals surface area contributed by atoms with Gasteiger partial charge in [0.1, 0.15) is 12.1 Å². The number of fused-ring (bicyclic) bond motifs is 1. The molecule has 0 saturated carbocycles. The Morgan fingerprint density at radius 3 is 2.32 bits per heavy atom. The molecule has 2 N–H and O–H groups in total. The third-order valence-corrected chi connectivity index (χ3v) is 12.0. The van der Waals surface area contributed by atoms with Crippen LogP contribution in [0.3, 0.4) is 0 Å². The minimum absolute atomic E-state index is 0.183. The molecule has 0 amide bonds. The lowest BCUT2D eigenvalue weighted by Gasteiger charge is -2.43. The Kier molecular flexibility index (Phi) is 6.70. The molecule has 4 aromatic rings. The molecule has 0 spiro atoms. The lowest BCUT2D eigenvalue weighted by atomic mass is 10.1. The molecule has 1 saturated heterocycles. The maximum absolute atomic E-state index is 9.28. The fraction of sp³-hybridized carbons (Fsp3) is 0.346. The van der Waals surface area contributed by atoms with Gasteiger partial charge in [-0.05, 0) is 20.9 Å². The largest absolute Gasteiger partial charge is 0.405 e. The van der Waals surface area contributed by atoms with E-state index in [-0.39, 0.29) is 11.6 Å². The Labute approximate surface area is 216 Å². The van der Waals surface area contributed by atoms with Crippen LogP contribution in [0.1, 0.15) is 33.4 Å². The van der Waals surface area contributed by atoms with Crippen molar-refractivity contribution < 1.29 is 9.16 Å². The molecule has 11 heteroatoms. The molecule has 3 heterocycles. The molecule has 2 aromatic carbocycles. The van der Waals surface area contributed by atoms with E-state index in [2.05, 4.69) is 94.4 Å². The number of benzene rings is 2. The number of aromatic nitrogens is 4. The second-order valence-electron chi connectivity index (χ2n) is 10.2. The Morgan fingerprint density at radius 1 is 1.11 bits per heavy atom. The molecular weight excluding hydrogens is 484 g/mol. The quantitative estimate of drug-likeness (QED) is 0.172. The van der Waals surface area contributed by atoms with E-state index in [4.69, 9.17) is 14.9 Å². The maximum atomic E-state index is 9.28. The van der Waals surface area contributed by atoms with Gasteiger partial charge < -0.3 is 14.9 Å². The molecule has 0 aliphatic carbocycles. The van der Waals surface area contributed by atoms with Crippen molar-refractivity contribution in [2.24, 2.45) is 5.11 Å². The van der Waals surface area contributed by atoms with Crippen molar-refractivity contribution in [3.05, 3.63) is 83.6 Å². The zero-order valence-electron chi connectivity index (χ0n) is 21.1. The summed E-state index contributed by atoms with van der Waals surface area (Å²) in [5, 5.41) is 11.4. The second kappa shape index (κ2) is 9.95. The molecule has 1 fully saturated rings. The van der Waals surface area contributed by atoms with Crippen LogP contribution in [0.25, 0.3) is 21.5 Å². The van der Waals surface area contributed by atoms with Crippen LogP contribution in [0, 0.1) is 0 Å². The SMILES string of the molecule is CC(C)(C)[Si](OC[C@H]1O[C@@H](n2cc3c(N)ncnc3n2)C[C@@H]1N=[N+]=[N-])(c1ccccc1)c1ccccc1. The maximum Gasteiger partial charge on any atom is 0.261 e. The fourth-order valence-electron chi connectivity index (χ4n) is 5.20. The first-order chi connectivity index (χ1) is 17.8. The molecule has 10 nitrogen and oxygen atoms in total. The van der Waals surface area contributed by atoms with Gasteiger partial charge in [-0.1, -0.05) is 86.5 Å². The number of hydrogen-bond donors (Lipinski definition) is 1. The van der Waals surface area contributed by atoms with E-state index in [0.29, 0.717) is 23.3 Å². The first kappa shape index (κ1) is 24.9. The molecule has 0 radical (unpaired) electrons. The van der Waals surface area contributed by atoms with E-state index in [1.165, 1.54) is 16.7 Å². The number of anilines is 1. The van der Waals surface area contributed by atoms with E-state index >= 15 is 0 Å². The molecule has 1 aliphatic heterocycles. The number of azide groups is 1. The molecule has 3 atom stereocenters. The van der Waals surface area contributed by atoms with Crippen molar-refractivity contribution in [1.82, 2.24) is 19.7 Å². The fourth-order valence-corrected chi connectivity index (χ4v) is 9.77. The van der Waals surface area contributed by atoms with Gasteiger partial charge in [-0.25, -0.2) is 14.6 Å². The summed E-state index contributed by atoms with van der Waals surface area (Å²) in [5.41, 5.74) is 15.8. The first-order valence-electron chi connectivity index (χ1n) is 12.2. The minimum atomic E-state index is -2.78. The summed E-state index contributed by atoms with van der Waals surface area (Å²) in [7, 11) is -2.78. The predicted molar refractivity (Wildman–Crippen MR) is 145 cm³/mol. The summed E-state index contributed by atoms with van der Waals surface area (Å²) in [6.07, 6.45) is 2.72. The summed E-state index contributed by atoms with van der Waals surface area (Å²) in [4.78, 5) is 11.3. The molecule has 5 rings (SSSR count). The Balaban J connectivity index is 1.48. The van der Waals surface area contributed by atoms with Gasteiger partial charge in [0.25, 0.3) is 8.32 Å². The van der Waals surface area contributed by atoms with Crippen molar-refractivity contribution in [2.75, 3.05) is 12.3 Å². The lowest BCUT2D eigenvalue weighted by molar-refractivity contribution is -0.0272. The van der Waals surface area contributed by atoms with Crippen molar-refractivity contribution >= 4 is 35.5 Å². The molecule has 0 bridgehead atoms. The lowest BCUT2D eigenvalue weighted by Crippen LogP contribution is -2.67. The van der Waals surface area contributed by atoms with Crippen LogP contribution in [0.4, 0.5) is 5.82 Å². The van der Waals surface area contributed by atoms with Crippen LogP contribution in [0.15, 0.2) is 78.3 Å². The summed E-state index contributed by atoms with van der Waals surface area (Å²) >= 11 is 0. The summed E-state index contributed by atoms with van der Waals surface area (Å²) < 4.78 is 15.1. The van der Waals surface area contributed by atoms with Crippen LogP contribution in [0.5, 0.6) is 0 Å². The van der Waals surface area contributed by atoms with E-state index in [9.17, 15) is 5.53 Å². The molecule has 1 aliphatic rings. The highest BCUT2D eigenvalue weighted by Gasteiger charge is 2.51. The Bertz CT molecular complexity index is 1380. The van der Waals surface area contributed by atoms with E-state index in [1.54, 1.807) is 10.9 Å². The number of rotatable bonds is 7. The molecular formula is C26H30N8O2Si. The third kappa shape index (κ3) is 4.58. The van der Waals surface area contributed by atoms with Crippen molar-refractivity contribution in [1.29, 1.82) is 0 Å². The van der Waals surface area contributed by atoms with Crippen LogP contribution in [0.2, 0.25) is 5.04 Å². The normalized spacial score (nSPS) is 20.1. The number of nitrogens with two attached hydrogens (primary N) is 1. The third-order valence-electron chi connectivity index (χ3n) is 6.95. The van der Waals surface area contributed by atoms with Crippen LogP contribution in [-0.4, -0.2) is 46.8 Å². The van der Waals surface area contributed by atoms with E-state index in [1.807, 2.05) is 12.1 Å². The summed E-state index contributed by atoms with van der Waals surface area (Å²) in [6, 6.07) is 20.4. The monoisotopic (exact) mass is 514 g/mol. The van der Waals surface area contributed by atoms with Gasteiger partial charge in [-0.3, -0.25) is 0 Å². The number of nitrogen functional groups attached to an aromatic ring is 1. The van der Waals surface area contributed by atoms with Crippen molar-refractivity contribution in [3.8, 4) is 0 Å². The highest BCUT2D eigenvalue weighted by atomic mass is 28.4. The summed E-state index contributed by atoms with van der Waals surface area (Å²) in [5.74, 6) is 0.354. The molecule has 0 unspecified atom stereocenters. The smallest absolute Gasteiger partial charge is 0.261 e. The zero-order chi connectivity index (χ0) is 26.0. The molecule has 190 valence electrons. The Morgan fingerprint density at radius 2 is 1.76 bits per heavy atom. The van der Waals surface area contributed by atoms with Gasteiger partial charge in [0, 0.05) is 17.5 Å².